The molecule has 3 atom stereocenters. The van der Waals surface area contributed by atoms with Gasteiger partial charge in [0.2, 0.25) is 0 Å². The van der Waals surface area contributed by atoms with Gasteiger partial charge in [-0.05, 0) is 56.4 Å². The Morgan fingerprint density at radius 2 is 2.00 bits per heavy atom. The third-order valence-corrected chi connectivity index (χ3v) is 4.13. The second kappa shape index (κ2) is 4.00. The summed E-state index contributed by atoms with van der Waals surface area (Å²) >= 11 is 0. The highest BCUT2D eigenvalue weighted by Gasteiger charge is 2.32. The summed E-state index contributed by atoms with van der Waals surface area (Å²) in [6.07, 6.45) is 7.32. The molecule has 1 heteroatoms. The molecule has 2 fully saturated rings. The molecule has 0 amide bonds. The van der Waals surface area contributed by atoms with Crippen molar-refractivity contribution in [2.24, 2.45) is 17.8 Å². The molecule has 1 heterocycles. The lowest BCUT2D eigenvalue weighted by Gasteiger charge is -2.41. The van der Waals surface area contributed by atoms with Gasteiger partial charge in [0, 0.05) is 6.04 Å². The summed E-state index contributed by atoms with van der Waals surface area (Å²) < 4.78 is 0. The van der Waals surface area contributed by atoms with E-state index in [9.17, 15) is 0 Å². The van der Waals surface area contributed by atoms with Crippen LogP contribution in [0.4, 0.5) is 0 Å². The smallest absolute Gasteiger partial charge is 0.00980 e. The molecule has 2 aliphatic rings. The fourth-order valence-electron chi connectivity index (χ4n) is 3.12. The molecule has 1 saturated carbocycles. The second-order valence-corrected chi connectivity index (χ2v) is 5.28. The van der Waals surface area contributed by atoms with Crippen molar-refractivity contribution in [3.05, 3.63) is 0 Å². The second-order valence-electron chi connectivity index (χ2n) is 5.28. The molecule has 76 valence electrons. The minimum atomic E-state index is 0.870. The quantitative estimate of drug-likeness (QED) is 0.656. The first kappa shape index (κ1) is 9.51. The molecule has 2 rings (SSSR count). The van der Waals surface area contributed by atoms with E-state index in [1.54, 1.807) is 0 Å². The summed E-state index contributed by atoms with van der Waals surface area (Å²) in [6.45, 7) is 6.04. The van der Waals surface area contributed by atoms with Crippen LogP contribution in [0, 0.1) is 17.8 Å². The van der Waals surface area contributed by atoms with Gasteiger partial charge in [0.1, 0.15) is 0 Å². The SMILES string of the molecule is CC(C)C1CCC2CCCNC2C1. The van der Waals surface area contributed by atoms with Crippen molar-refractivity contribution in [2.45, 2.75) is 52.0 Å². The minimum absolute atomic E-state index is 0.870. The summed E-state index contributed by atoms with van der Waals surface area (Å²) in [5.41, 5.74) is 0. The van der Waals surface area contributed by atoms with Gasteiger partial charge in [-0.1, -0.05) is 13.8 Å². The van der Waals surface area contributed by atoms with Gasteiger partial charge in [0.05, 0.1) is 0 Å². The lowest BCUT2D eigenvalue weighted by Crippen LogP contribution is -2.45. The Morgan fingerprint density at radius 1 is 1.15 bits per heavy atom. The van der Waals surface area contributed by atoms with Crippen molar-refractivity contribution in [3.63, 3.8) is 0 Å². The number of fused-ring (bicyclic) bond motifs is 1. The Balaban J connectivity index is 1.91. The Morgan fingerprint density at radius 3 is 2.77 bits per heavy atom. The lowest BCUT2D eigenvalue weighted by atomic mass is 9.71. The first-order chi connectivity index (χ1) is 6.27. The van der Waals surface area contributed by atoms with Gasteiger partial charge in [-0.25, -0.2) is 0 Å². The molecular formula is C12H23N. The average molecular weight is 181 g/mol. The summed E-state index contributed by atoms with van der Waals surface area (Å²) in [7, 11) is 0. The van der Waals surface area contributed by atoms with Crippen molar-refractivity contribution < 1.29 is 0 Å². The number of hydrogen-bond donors (Lipinski definition) is 1. The van der Waals surface area contributed by atoms with Gasteiger partial charge in [-0.15, -0.1) is 0 Å². The van der Waals surface area contributed by atoms with Crippen molar-refractivity contribution in [1.82, 2.24) is 5.32 Å². The molecule has 13 heavy (non-hydrogen) atoms. The summed E-state index contributed by atoms with van der Waals surface area (Å²) in [5, 5.41) is 3.71. The van der Waals surface area contributed by atoms with Crippen LogP contribution in [0.1, 0.15) is 46.0 Å². The van der Waals surface area contributed by atoms with Gasteiger partial charge in [0.25, 0.3) is 0 Å². The normalized spacial score (nSPS) is 40.4. The topological polar surface area (TPSA) is 12.0 Å². The molecule has 1 N–H and O–H groups in total. The summed E-state index contributed by atoms with van der Waals surface area (Å²) in [5.74, 6) is 2.90. The van der Waals surface area contributed by atoms with E-state index >= 15 is 0 Å². The van der Waals surface area contributed by atoms with Crippen LogP contribution in [0.5, 0.6) is 0 Å². The van der Waals surface area contributed by atoms with Gasteiger partial charge in [-0.2, -0.15) is 0 Å². The predicted molar refractivity (Wildman–Crippen MR) is 56.7 cm³/mol. The van der Waals surface area contributed by atoms with E-state index in [-0.39, 0.29) is 0 Å². The van der Waals surface area contributed by atoms with Crippen LogP contribution < -0.4 is 5.32 Å². The molecule has 0 aromatic carbocycles. The third kappa shape index (κ3) is 2.07. The van der Waals surface area contributed by atoms with Gasteiger partial charge >= 0.3 is 0 Å². The van der Waals surface area contributed by atoms with Crippen LogP contribution in [0.15, 0.2) is 0 Å². The molecule has 1 aliphatic heterocycles. The van der Waals surface area contributed by atoms with E-state index < -0.39 is 0 Å². The molecule has 0 aromatic rings. The third-order valence-electron chi connectivity index (χ3n) is 4.13. The van der Waals surface area contributed by atoms with Crippen LogP contribution in [0.3, 0.4) is 0 Å². The monoisotopic (exact) mass is 181 g/mol. The predicted octanol–water partition coefficient (Wildman–Crippen LogP) is 2.81. The Kier molecular flexibility index (Phi) is 2.92. The first-order valence-electron chi connectivity index (χ1n) is 6.00. The van der Waals surface area contributed by atoms with Crippen molar-refractivity contribution in [1.29, 1.82) is 0 Å². The van der Waals surface area contributed by atoms with Crippen LogP contribution in [-0.4, -0.2) is 12.6 Å². The standard InChI is InChI=1S/C12H23N/c1-9(2)11-6-5-10-4-3-7-13-12(10)8-11/h9-13H,3-8H2,1-2H3. The largest absolute Gasteiger partial charge is 0.314 e. The van der Waals surface area contributed by atoms with Crippen LogP contribution in [0.2, 0.25) is 0 Å². The highest BCUT2D eigenvalue weighted by Crippen LogP contribution is 2.36. The maximum atomic E-state index is 3.71. The highest BCUT2D eigenvalue weighted by atomic mass is 14.9. The minimum Gasteiger partial charge on any atom is -0.314 e. The fraction of sp³-hybridized carbons (Fsp3) is 1.00. The van der Waals surface area contributed by atoms with E-state index in [0.717, 1.165) is 23.8 Å². The molecule has 1 aliphatic carbocycles. The van der Waals surface area contributed by atoms with Crippen molar-refractivity contribution >= 4 is 0 Å². The number of nitrogens with one attached hydrogen (secondary N) is 1. The zero-order valence-corrected chi connectivity index (χ0v) is 9.05. The molecule has 0 spiro atoms. The molecular weight excluding hydrogens is 158 g/mol. The zero-order chi connectivity index (χ0) is 9.26. The van der Waals surface area contributed by atoms with E-state index in [1.807, 2.05) is 0 Å². The maximum Gasteiger partial charge on any atom is 0.00980 e. The van der Waals surface area contributed by atoms with Crippen LogP contribution in [0.25, 0.3) is 0 Å². The average Bonchev–Trinajstić information content (AvgIpc) is 2.17. The Bertz CT molecular complexity index is 165. The zero-order valence-electron chi connectivity index (χ0n) is 9.05. The lowest BCUT2D eigenvalue weighted by molar-refractivity contribution is 0.142. The van der Waals surface area contributed by atoms with E-state index in [1.165, 1.54) is 38.6 Å². The van der Waals surface area contributed by atoms with Gasteiger partial charge in [0.15, 0.2) is 0 Å². The van der Waals surface area contributed by atoms with Crippen molar-refractivity contribution in [3.8, 4) is 0 Å². The molecule has 0 aromatic heterocycles. The fourth-order valence-corrected chi connectivity index (χ4v) is 3.12. The molecule has 1 saturated heterocycles. The van der Waals surface area contributed by atoms with E-state index in [2.05, 4.69) is 19.2 Å². The summed E-state index contributed by atoms with van der Waals surface area (Å²) in [6, 6.07) is 0.870. The van der Waals surface area contributed by atoms with Gasteiger partial charge < -0.3 is 5.32 Å². The van der Waals surface area contributed by atoms with E-state index in [4.69, 9.17) is 0 Å². The summed E-state index contributed by atoms with van der Waals surface area (Å²) in [4.78, 5) is 0. The van der Waals surface area contributed by atoms with Crippen LogP contribution >= 0.6 is 0 Å². The Labute approximate surface area is 82.3 Å². The number of piperidine rings is 1. The number of rotatable bonds is 1. The molecule has 3 unspecified atom stereocenters. The molecule has 0 radical (unpaired) electrons. The van der Waals surface area contributed by atoms with Crippen LogP contribution in [-0.2, 0) is 0 Å². The molecule has 0 bridgehead atoms. The van der Waals surface area contributed by atoms with Gasteiger partial charge in [-0.3, -0.25) is 0 Å². The molecule has 1 nitrogen and oxygen atoms in total. The number of hydrogen-bond acceptors (Lipinski definition) is 1. The Hall–Kier alpha value is -0.0400. The highest BCUT2D eigenvalue weighted by molar-refractivity contribution is 4.88. The maximum absolute atomic E-state index is 3.71. The van der Waals surface area contributed by atoms with E-state index in [0.29, 0.717) is 0 Å². The van der Waals surface area contributed by atoms with Crippen molar-refractivity contribution in [2.75, 3.05) is 6.54 Å². The first-order valence-corrected chi connectivity index (χ1v) is 6.00.